The van der Waals surface area contributed by atoms with Crippen LogP contribution < -0.4 is 0 Å². The quantitative estimate of drug-likeness (QED) is 0.621. The molecule has 0 N–H and O–H groups in total. The number of ether oxygens (including phenoxy) is 1. The number of hydrogen-bond donors (Lipinski definition) is 0. The van der Waals surface area contributed by atoms with Crippen LogP contribution in [0.5, 0.6) is 0 Å². The lowest BCUT2D eigenvalue weighted by Gasteiger charge is -2.32. The van der Waals surface area contributed by atoms with E-state index in [0.717, 1.165) is 29.7 Å². The van der Waals surface area contributed by atoms with E-state index < -0.39 is 5.60 Å². The van der Waals surface area contributed by atoms with E-state index in [1.54, 1.807) is 18.0 Å². The van der Waals surface area contributed by atoms with Crippen LogP contribution >= 0.6 is 0 Å². The van der Waals surface area contributed by atoms with Crippen molar-refractivity contribution >= 4 is 23.6 Å². The highest BCUT2D eigenvalue weighted by Crippen LogP contribution is 2.30. The average Bonchev–Trinajstić information content (AvgIpc) is 2.98. The molecule has 3 amide bonds. The Morgan fingerprint density at radius 2 is 1.97 bits per heavy atom. The van der Waals surface area contributed by atoms with Gasteiger partial charge >= 0.3 is 6.09 Å². The minimum atomic E-state index is -0.565. The van der Waals surface area contributed by atoms with Crippen LogP contribution in [0.2, 0.25) is 0 Å². The molecule has 0 atom stereocenters. The molecule has 0 radical (unpaired) electrons. The Bertz CT molecular complexity index is 960. The normalized spacial score (nSPS) is 22.3. The standard InChI is InChI=1S/C25H33N3O4/c1-6-9-17(15-28-22(29)19-10-7-8-11-20(19)23(28)30)14-18-16-27(13-12-21(18)26-5)24(31)32-25(2,3)4/h7,9-10,14H,6,8,11-13,15-16H2,1-5H3/b17-9-,18-14-,26-21?. The summed E-state index contributed by atoms with van der Waals surface area (Å²) in [6.07, 6.45) is 10.1. The monoisotopic (exact) mass is 439 g/mol. The van der Waals surface area contributed by atoms with Gasteiger partial charge in [-0.1, -0.05) is 31.2 Å². The highest BCUT2D eigenvalue weighted by molar-refractivity contribution is 6.21. The van der Waals surface area contributed by atoms with Crippen molar-refractivity contribution in [1.82, 2.24) is 9.80 Å². The molecular formula is C25H33N3O4. The third kappa shape index (κ3) is 5.26. The zero-order valence-electron chi connectivity index (χ0n) is 19.7. The van der Waals surface area contributed by atoms with Gasteiger partial charge in [-0.3, -0.25) is 19.5 Å². The Hall–Kier alpha value is -2.96. The van der Waals surface area contributed by atoms with Crippen molar-refractivity contribution in [2.75, 3.05) is 26.7 Å². The molecule has 3 rings (SSSR count). The van der Waals surface area contributed by atoms with Gasteiger partial charge in [0.15, 0.2) is 0 Å². The maximum absolute atomic E-state index is 12.8. The van der Waals surface area contributed by atoms with E-state index in [-0.39, 0.29) is 24.5 Å². The lowest BCUT2D eigenvalue weighted by atomic mass is 9.99. The van der Waals surface area contributed by atoms with E-state index >= 15 is 0 Å². The van der Waals surface area contributed by atoms with Crippen LogP contribution in [-0.4, -0.2) is 65.7 Å². The van der Waals surface area contributed by atoms with Gasteiger partial charge in [0.25, 0.3) is 11.8 Å². The summed E-state index contributed by atoms with van der Waals surface area (Å²) in [5.74, 6) is -0.428. The van der Waals surface area contributed by atoms with Crippen LogP contribution in [0.15, 0.2) is 51.6 Å². The van der Waals surface area contributed by atoms with Crippen molar-refractivity contribution in [3.63, 3.8) is 0 Å². The van der Waals surface area contributed by atoms with Crippen molar-refractivity contribution in [1.29, 1.82) is 0 Å². The molecule has 1 saturated heterocycles. The second kappa shape index (κ2) is 9.67. The van der Waals surface area contributed by atoms with Crippen molar-refractivity contribution in [2.45, 2.75) is 59.0 Å². The maximum Gasteiger partial charge on any atom is 0.410 e. The number of aliphatic imine (C=N–C) groups is 1. The van der Waals surface area contributed by atoms with Crippen molar-refractivity contribution < 1.29 is 19.1 Å². The first-order valence-electron chi connectivity index (χ1n) is 11.2. The summed E-state index contributed by atoms with van der Waals surface area (Å²) in [5.41, 5.74) is 3.26. The first-order valence-corrected chi connectivity index (χ1v) is 11.2. The Labute approximate surface area is 190 Å². The summed E-state index contributed by atoms with van der Waals surface area (Å²) < 4.78 is 5.53. The minimum Gasteiger partial charge on any atom is -0.444 e. The zero-order valence-corrected chi connectivity index (χ0v) is 19.7. The van der Waals surface area contributed by atoms with E-state index in [1.807, 2.05) is 45.9 Å². The molecule has 0 bridgehead atoms. The fraction of sp³-hybridized carbons (Fsp3) is 0.520. The molecule has 32 heavy (non-hydrogen) atoms. The van der Waals surface area contributed by atoms with Gasteiger partial charge in [0.05, 0.1) is 13.1 Å². The van der Waals surface area contributed by atoms with Crippen molar-refractivity contribution in [3.05, 3.63) is 46.6 Å². The number of piperidine rings is 1. The van der Waals surface area contributed by atoms with Crippen LogP contribution in [0.1, 0.15) is 53.4 Å². The molecule has 1 fully saturated rings. The maximum atomic E-state index is 12.8. The molecule has 0 aromatic carbocycles. The van der Waals surface area contributed by atoms with E-state index in [2.05, 4.69) is 4.99 Å². The zero-order chi connectivity index (χ0) is 23.5. The summed E-state index contributed by atoms with van der Waals surface area (Å²) in [4.78, 5) is 45.7. The van der Waals surface area contributed by atoms with Gasteiger partial charge in [0, 0.05) is 36.9 Å². The largest absolute Gasteiger partial charge is 0.444 e. The van der Waals surface area contributed by atoms with Gasteiger partial charge in [-0.2, -0.15) is 0 Å². The van der Waals surface area contributed by atoms with E-state index in [0.29, 0.717) is 37.1 Å². The second-order valence-corrected chi connectivity index (χ2v) is 9.21. The Morgan fingerprint density at radius 3 is 2.59 bits per heavy atom. The smallest absolute Gasteiger partial charge is 0.410 e. The van der Waals surface area contributed by atoms with Crippen LogP contribution in [-0.2, 0) is 14.3 Å². The molecular weight excluding hydrogens is 406 g/mol. The molecule has 0 unspecified atom stereocenters. The van der Waals surface area contributed by atoms with E-state index in [9.17, 15) is 14.4 Å². The molecule has 7 nitrogen and oxygen atoms in total. The Morgan fingerprint density at radius 1 is 1.22 bits per heavy atom. The lowest BCUT2D eigenvalue weighted by Crippen LogP contribution is -2.43. The average molecular weight is 440 g/mol. The van der Waals surface area contributed by atoms with Gasteiger partial charge < -0.3 is 9.64 Å². The summed E-state index contributed by atoms with van der Waals surface area (Å²) in [6, 6.07) is 0. The number of carbonyl (C=O) groups excluding carboxylic acids is 3. The first kappa shape index (κ1) is 23.7. The SMILES string of the molecule is CC/C=C(/C=C1/CN(C(=O)OC(C)(C)C)CCC1=NC)CN1C(=O)C2=C(CCC=C2)C1=O. The number of nitrogens with zero attached hydrogens (tertiary/aromatic N) is 3. The van der Waals surface area contributed by atoms with Crippen LogP contribution in [0.25, 0.3) is 0 Å². The molecule has 0 aromatic heterocycles. The van der Waals surface area contributed by atoms with Gasteiger partial charge in [-0.05, 0) is 51.2 Å². The van der Waals surface area contributed by atoms with E-state index in [4.69, 9.17) is 4.74 Å². The number of amides is 3. The number of carbonyl (C=O) groups is 3. The summed E-state index contributed by atoms with van der Waals surface area (Å²) >= 11 is 0. The van der Waals surface area contributed by atoms with Gasteiger partial charge in [0.1, 0.15) is 5.60 Å². The third-order valence-electron chi connectivity index (χ3n) is 5.59. The molecule has 2 aliphatic heterocycles. The number of hydrogen-bond acceptors (Lipinski definition) is 5. The highest BCUT2D eigenvalue weighted by atomic mass is 16.6. The molecule has 3 aliphatic rings. The molecule has 0 spiro atoms. The van der Waals surface area contributed by atoms with Crippen molar-refractivity contribution in [3.8, 4) is 0 Å². The number of rotatable bonds is 4. The summed E-state index contributed by atoms with van der Waals surface area (Å²) in [6.45, 7) is 8.68. The molecule has 172 valence electrons. The molecule has 0 saturated carbocycles. The van der Waals surface area contributed by atoms with Crippen LogP contribution in [0.3, 0.4) is 0 Å². The molecule has 1 aliphatic carbocycles. The van der Waals surface area contributed by atoms with Crippen molar-refractivity contribution in [2.24, 2.45) is 4.99 Å². The Balaban J connectivity index is 1.81. The minimum absolute atomic E-state index is 0.196. The van der Waals surface area contributed by atoms with Gasteiger partial charge in [0.2, 0.25) is 0 Å². The predicted octanol–water partition coefficient (Wildman–Crippen LogP) is 3.98. The van der Waals surface area contributed by atoms with Crippen LogP contribution in [0, 0.1) is 0 Å². The highest BCUT2D eigenvalue weighted by Gasteiger charge is 2.37. The fourth-order valence-electron chi connectivity index (χ4n) is 4.11. The van der Waals surface area contributed by atoms with Crippen LogP contribution in [0.4, 0.5) is 4.79 Å². The van der Waals surface area contributed by atoms with E-state index in [1.165, 1.54) is 4.90 Å². The molecule has 0 aromatic rings. The molecule has 7 heteroatoms. The predicted molar refractivity (Wildman–Crippen MR) is 124 cm³/mol. The number of imide groups is 1. The third-order valence-corrected chi connectivity index (χ3v) is 5.59. The van der Waals surface area contributed by atoms with Gasteiger partial charge in [-0.25, -0.2) is 4.79 Å². The fourth-order valence-corrected chi connectivity index (χ4v) is 4.11. The number of likely N-dealkylation sites (tertiary alicyclic amines) is 1. The summed E-state index contributed by atoms with van der Waals surface area (Å²) in [5, 5.41) is 0. The first-order chi connectivity index (χ1) is 15.1. The molecule has 2 heterocycles. The number of allylic oxidation sites excluding steroid dienone is 2. The topological polar surface area (TPSA) is 79.3 Å². The van der Waals surface area contributed by atoms with Gasteiger partial charge in [-0.15, -0.1) is 0 Å². The Kier molecular flexibility index (Phi) is 7.16. The summed E-state index contributed by atoms with van der Waals surface area (Å²) in [7, 11) is 1.74. The second-order valence-electron chi connectivity index (χ2n) is 9.21. The lowest BCUT2D eigenvalue weighted by molar-refractivity contribution is -0.136.